The van der Waals surface area contributed by atoms with Crippen LogP contribution in [-0.4, -0.2) is 58.9 Å². The summed E-state index contributed by atoms with van der Waals surface area (Å²) in [5.74, 6) is -0.646. The number of carbonyl (C=O) groups excluding carboxylic acids is 3. The Kier molecular flexibility index (Phi) is 7.72. The molecule has 0 radical (unpaired) electrons. The van der Waals surface area contributed by atoms with Gasteiger partial charge in [0.25, 0.3) is 11.8 Å². The number of pyridine rings is 1. The molecule has 1 aliphatic heterocycles. The average molecular weight is 473 g/mol. The smallest absolute Gasteiger partial charge is 0.272 e. The molecule has 2 heterocycles. The normalized spacial score (nSPS) is 15.4. The lowest BCUT2D eigenvalue weighted by atomic mass is 9.98. The quantitative estimate of drug-likeness (QED) is 0.504. The number of nitrogens with one attached hydrogen (secondary N) is 2. The van der Waals surface area contributed by atoms with Crippen molar-refractivity contribution in [1.29, 1.82) is 0 Å². The molecule has 0 fully saturated rings. The molecule has 0 saturated carbocycles. The first-order chi connectivity index (χ1) is 17.0. The van der Waals surface area contributed by atoms with Crippen molar-refractivity contribution in [3.05, 3.63) is 83.7 Å². The molecule has 180 valence electrons. The number of aromatic nitrogens is 1. The molecule has 2 aromatic carbocycles. The third kappa shape index (κ3) is 6.23. The van der Waals surface area contributed by atoms with Crippen molar-refractivity contribution in [1.82, 2.24) is 20.5 Å². The molecule has 0 spiro atoms. The topological polar surface area (TPSA) is 112 Å². The maximum absolute atomic E-state index is 13.0. The molecule has 3 aromatic rings. The van der Waals surface area contributed by atoms with E-state index in [0.717, 1.165) is 11.1 Å². The Morgan fingerprint density at radius 3 is 2.60 bits per heavy atom. The second kappa shape index (κ2) is 11.3. The van der Waals surface area contributed by atoms with Gasteiger partial charge in [0.15, 0.2) is 0 Å². The van der Waals surface area contributed by atoms with Crippen LogP contribution in [0.1, 0.15) is 39.3 Å². The molecule has 0 aliphatic carbocycles. The first-order valence-electron chi connectivity index (χ1n) is 11.7. The van der Waals surface area contributed by atoms with Gasteiger partial charge in [-0.2, -0.15) is 0 Å². The molecule has 0 atom stereocenters. The first-order valence-corrected chi connectivity index (χ1v) is 11.7. The molecule has 8 nitrogen and oxygen atoms in total. The van der Waals surface area contributed by atoms with Gasteiger partial charge in [0.2, 0.25) is 5.91 Å². The summed E-state index contributed by atoms with van der Waals surface area (Å²) in [5, 5.41) is 16.2. The number of phenols is 1. The van der Waals surface area contributed by atoms with E-state index in [0.29, 0.717) is 50.0 Å². The fourth-order valence-electron chi connectivity index (χ4n) is 4.01. The highest BCUT2D eigenvalue weighted by Gasteiger charge is 2.20. The van der Waals surface area contributed by atoms with Gasteiger partial charge in [0.1, 0.15) is 11.4 Å². The molecule has 0 saturated heterocycles. The molecule has 3 N–H and O–H groups in total. The number of hydrogen-bond acceptors (Lipinski definition) is 5. The Hall–Kier alpha value is -4.20. The van der Waals surface area contributed by atoms with Crippen LogP contribution in [0.4, 0.5) is 0 Å². The van der Waals surface area contributed by atoms with Crippen molar-refractivity contribution in [3.8, 4) is 16.9 Å². The fraction of sp³-hybridized carbons (Fsp3) is 0.259. The Morgan fingerprint density at radius 1 is 0.914 bits per heavy atom. The molecular formula is C27H28N4O4. The van der Waals surface area contributed by atoms with E-state index in [2.05, 4.69) is 15.6 Å². The molecule has 4 rings (SSSR count). The minimum atomic E-state index is -0.306. The number of amides is 3. The number of fused-ring (bicyclic) bond motifs is 5. The standard InChI is InChI=1S/C27H28N4O4/c32-24-10-9-19-11-14-29-25(33)18-31(27(35)23-8-1-2-12-28-23)15-4-3-13-30-26(34)21-7-5-6-20(17-21)22(24)16-19/h1-2,5-10,12,16-17,32H,3-4,11,13-15,18H2,(H,29,33)(H,30,34). The highest BCUT2D eigenvalue weighted by atomic mass is 16.3. The number of rotatable bonds is 1. The van der Waals surface area contributed by atoms with Gasteiger partial charge < -0.3 is 20.6 Å². The Balaban J connectivity index is 1.55. The van der Waals surface area contributed by atoms with Gasteiger partial charge in [-0.1, -0.05) is 24.3 Å². The molecule has 4 bridgehead atoms. The summed E-state index contributed by atoms with van der Waals surface area (Å²) in [6.45, 7) is 1.11. The highest BCUT2D eigenvalue weighted by molar-refractivity contribution is 5.96. The van der Waals surface area contributed by atoms with E-state index in [1.807, 2.05) is 12.1 Å². The van der Waals surface area contributed by atoms with Crippen LogP contribution in [0.2, 0.25) is 0 Å². The van der Waals surface area contributed by atoms with Gasteiger partial charge in [0.05, 0.1) is 6.54 Å². The summed E-state index contributed by atoms with van der Waals surface area (Å²) in [6, 6.07) is 17.5. The van der Waals surface area contributed by atoms with Crippen molar-refractivity contribution in [2.45, 2.75) is 19.3 Å². The minimum absolute atomic E-state index is 0.0762. The van der Waals surface area contributed by atoms with Crippen LogP contribution in [0.15, 0.2) is 66.9 Å². The van der Waals surface area contributed by atoms with Gasteiger partial charge in [-0.15, -0.1) is 0 Å². The van der Waals surface area contributed by atoms with Crippen LogP contribution >= 0.6 is 0 Å². The van der Waals surface area contributed by atoms with Crippen molar-refractivity contribution in [2.24, 2.45) is 0 Å². The predicted molar refractivity (Wildman–Crippen MR) is 132 cm³/mol. The monoisotopic (exact) mass is 472 g/mol. The molecule has 8 heteroatoms. The lowest BCUT2D eigenvalue weighted by Gasteiger charge is -2.22. The summed E-state index contributed by atoms with van der Waals surface area (Å²) >= 11 is 0. The van der Waals surface area contributed by atoms with Gasteiger partial charge in [-0.3, -0.25) is 19.4 Å². The van der Waals surface area contributed by atoms with Crippen LogP contribution in [-0.2, 0) is 11.2 Å². The predicted octanol–water partition coefficient (Wildman–Crippen LogP) is 2.78. The zero-order chi connectivity index (χ0) is 24.6. The second-order valence-electron chi connectivity index (χ2n) is 8.44. The van der Waals surface area contributed by atoms with Crippen molar-refractivity contribution in [2.75, 3.05) is 26.2 Å². The number of carbonyl (C=O) groups is 3. The highest BCUT2D eigenvalue weighted by Crippen LogP contribution is 2.30. The molecule has 0 unspecified atom stereocenters. The van der Waals surface area contributed by atoms with E-state index in [1.165, 1.54) is 4.90 Å². The Morgan fingerprint density at radius 2 is 1.77 bits per heavy atom. The number of benzene rings is 2. The van der Waals surface area contributed by atoms with Crippen LogP contribution in [0.5, 0.6) is 5.75 Å². The minimum Gasteiger partial charge on any atom is -0.507 e. The summed E-state index contributed by atoms with van der Waals surface area (Å²) in [7, 11) is 0. The summed E-state index contributed by atoms with van der Waals surface area (Å²) in [6.07, 6.45) is 3.35. The first kappa shape index (κ1) is 23.9. The number of phenolic OH excluding ortho intramolecular Hbond substituents is 1. The van der Waals surface area contributed by atoms with Gasteiger partial charge >= 0.3 is 0 Å². The van der Waals surface area contributed by atoms with Crippen LogP contribution in [0.3, 0.4) is 0 Å². The summed E-state index contributed by atoms with van der Waals surface area (Å²) in [4.78, 5) is 43.9. The van der Waals surface area contributed by atoms with Crippen molar-refractivity contribution in [3.63, 3.8) is 0 Å². The van der Waals surface area contributed by atoms with E-state index < -0.39 is 0 Å². The van der Waals surface area contributed by atoms with Crippen molar-refractivity contribution < 1.29 is 19.5 Å². The van der Waals surface area contributed by atoms with E-state index in [1.54, 1.807) is 54.7 Å². The van der Waals surface area contributed by atoms with Crippen LogP contribution in [0, 0.1) is 0 Å². The summed E-state index contributed by atoms with van der Waals surface area (Å²) < 4.78 is 0. The number of hydrogen-bond donors (Lipinski definition) is 3. The number of nitrogens with zero attached hydrogens (tertiary/aromatic N) is 2. The van der Waals surface area contributed by atoms with Crippen LogP contribution in [0.25, 0.3) is 11.1 Å². The third-order valence-electron chi connectivity index (χ3n) is 5.88. The van der Waals surface area contributed by atoms with E-state index in [4.69, 9.17) is 0 Å². The average Bonchev–Trinajstić information content (AvgIpc) is 2.88. The zero-order valence-corrected chi connectivity index (χ0v) is 19.4. The van der Waals surface area contributed by atoms with Gasteiger partial charge in [0, 0.05) is 37.0 Å². The third-order valence-corrected chi connectivity index (χ3v) is 5.88. The maximum Gasteiger partial charge on any atom is 0.272 e. The van der Waals surface area contributed by atoms with Crippen LogP contribution < -0.4 is 10.6 Å². The Labute approximate surface area is 204 Å². The lowest BCUT2D eigenvalue weighted by Crippen LogP contribution is -2.42. The molecule has 3 amide bonds. The van der Waals surface area contributed by atoms with E-state index in [-0.39, 0.29) is 35.7 Å². The molecular weight excluding hydrogens is 444 g/mol. The molecule has 1 aliphatic rings. The summed E-state index contributed by atoms with van der Waals surface area (Å²) in [5.41, 5.74) is 3.08. The Bertz CT molecular complexity index is 1210. The second-order valence-corrected chi connectivity index (χ2v) is 8.44. The number of aromatic hydroxyl groups is 1. The van der Waals surface area contributed by atoms with E-state index in [9.17, 15) is 19.5 Å². The van der Waals surface area contributed by atoms with Gasteiger partial charge in [-0.05, 0) is 66.8 Å². The zero-order valence-electron chi connectivity index (χ0n) is 19.4. The SMILES string of the molecule is O=C1CN(C(=O)c2ccccn2)CCCCNC(=O)c2cccc(c2)-c2cc(ccc2O)CCN1. The van der Waals surface area contributed by atoms with Crippen molar-refractivity contribution >= 4 is 17.7 Å². The van der Waals surface area contributed by atoms with E-state index >= 15 is 0 Å². The maximum atomic E-state index is 13.0. The molecule has 35 heavy (non-hydrogen) atoms. The fourth-order valence-corrected chi connectivity index (χ4v) is 4.01. The molecule has 1 aromatic heterocycles. The lowest BCUT2D eigenvalue weighted by molar-refractivity contribution is -0.121. The van der Waals surface area contributed by atoms with Gasteiger partial charge in [-0.25, -0.2) is 0 Å². The largest absolute Gasteiger partial charge is 0.507 e.